The maximum absolute atomic E-state index is 12.1. The second-order valence-corrected chi connectivity index (χ2v) is 5.20. The Hall–Kier alpha value is -2.40. The zero-order chi connectivity index (χ0) is 15.9. The summed E-state index contributed by atoms with van der Waals surface area (Å²) in [5.41, 5.74) is 1.74. The molecule has 2 rings (SSSR count). The van der Waals surface area contributed by atoms with Crippen LogP contribution in [-0.2, 0) is 4.79 Å². The second-order valence-electron chi connectivity index (χ2n) is 4.79. The van der Waals surface area contributed by atoms with Crippen LogP contribution < -0.4 is 15.4 Å². The van der Waals surface area contributed by atoms with Crippen molar-refractivity contribution < 1.29 is 9.53 Å². The molecular formula is C17H18N2O2S. The minimum Gasteiger partial charge on any atom is -0.497 e. The predicted octanol–water partition coefficient (Wildman–Crippen LogP) is 3.31. The van der Waals surface area contributed by atoms with Crippen molar-refractivity contribution in [2.24, 2.45) is 0 Å². The van der Waals surface area contributed by atoms with Crippen LogP contribution >= 0.6 is 12.2 Å². The number of anilines is 1. The van der Waals surface area contributed by atoms with E-state index in [1.807, 2.05) is 37.3 Å². The molecule has 22 heavy (non-hydrogen) atoms. The minimum absolute atomic E-state index is 0.0321. The van der Waals surface area contributed by atoms with E-state index in [9.17, 15) is 4.79 Å². The first-order valence-corrected chi connectivity index (χ1v) is 7.32. The first-order valence-electron chi connectivity index (χ1n) is 6.91. The number of hydrogen-bond donors (Lipinski definition) is 2. The molecular weight excluding hydrogens is 296 g/mol. The van der Waals surface area contributed by atoms with Gasteiger partial charge in [-0.15, -0.1) is 0 Å². The van der Waals surface area contributed by atoms with Gasteiger partial charge in [0.2, 0.25) is 0 Å². The fraction of sp³-hybridized carbons (Fsp3) is 0.176. The monoisotopic (exact) mass is 314 g/mol. The molecule has 0 spiro atoms. The molecule has 0 aliphatic heterocycles. The summed E-state index contributed by atoms with van der Waals surface area (Å²) in [6.45, 7) is 1.96. The van der Waals surface area contributed by atoms with Crippen LogP contribution in [0.5, 0.6) is 5.75 Å². The van der Waals surface area contributed by atoms with Gasteiger partial charge in [0.25, 0.3) is 5.91 Å². The largest absolute Gasteiger partial charge is 0.497 e. The van der Waals surface area contributed by atoms with Gasteiger partial charge in [-0.25, -0.2) is 0 Å². The number of thiocarbonyl (C=S) groups is 1. The van der Waals surface area contributed by atoms with Gasteiger partial charge >= 0.3 is 0 Å². The predicted molar refractivity (Wildman–Crippen MR) is 92.2 cm³/mol. The third kappa shape index (κ3) is 4.30. The van der Waals surface area contributed by atoms with Crippen LogP contribution in [0.1, 0.15) is 18.5 Å². The van der Waals surface area contributed by atoms with Crippen LogP contribution in [0, 0.1) is 0 Å². The highest BCUT2D eigenvalue weighted by Crippen LogP contribution is 2.15. The van der Waals surface area contributed by atoms with Crippen molar-refractivity contribution in [1.82, 2.24) is 5.32 Å². The van der Waals surface area contributed by atoms with Gasteiger partial charge in [0, 0.05) is 11.7 Å². The summed E-state index contributed by atoms with van der Waals surface area (Å²) >= 11 is 5.15. The average Bonchev–Trinajstić information content (AvgIpc) is 2.56. The van der Waals surface area contributed by atoms with E-state index in [0.717, 1.165) is 11.3 Å². The fourth-order valence-corrected chi connectivity index (χ4v) is 2.18. The standard InChI is InChI=1S/C17H18N2O2S/c1-12(13-6-4-3-5-7-13)18-17(22)16(20)19-14-8-10-15(21-2)11-9-14/h3-12H,1-2H3,(H,18,22)(H,19,20)/t12-/m1/s1. The molecule has 0 aromatic heterocycles. The van der Waals surface area contributed by atoms with Crippen molar-refractivity contribution in [3.63, 3.8) is 0 Å². The van der Waals surface area contributed by atoms with Crippen LogP contribution in [0.4, 0.5) is 5.69 Å². The molecule has 0 aliphatic rings. The van der Waals surface area contributed by atoms with Gasteiger partial charge in [-0.3, -0.25) is 4.79 Å². The molecule has 0 unspecified atom stereocenters. The SMILES string of the molecule is COc1ccc(NC(=O)C(=S)N[C@H](C)c2ccccc2)cc1. The number of ether oxygens (including phenoxy) is 1. The number of nitrogens with one attached hydrogen (secondary N) is 2. The van der Waals surface area contributed by atoms with Gasteiger partial charge in [0.05, 0.1) is 7.11 Å². The topological polar surface area (TPSA) is 50.4 Å². The summed E-state index contributed by atoms with van der Waals surface area (Å²) < 4.78 is 5.07. The summed E-state index contributed by atoms with van der Waals surface area (Å²) in [6, 6.07) is 16.9. The Bertz CT molecular complexity index is 641. The lowest BCUT2D eigenvalue weighted by molar-refractivity contribution is -0.110. The van der Waals surface area contributed by atoms with Gasteiger partial charge in [-0.1, -0.05) is 42.5 Å². The first-order chi connectivity index (χ1) is 10.6. The summed E-state index contributed by atoms with van der Waals surface area (Å²) in [7, 11) is 1.59. The zero-order valence-electron chi connectivity index (χ0n) is 12.5. The van der Waals surface area contributed by atoms with Crippen LogP contribution in [0.3, 0.4) is 0 Å². The molecule has 2 N–H and O–H groups in total. The summed E-state index contributed by atoms with van der Waals surface area (Å²) in [4.78, 5) is 12.2. The van der Waals surface area contributed by atoms with Crippen LogP contribution in [-0.4, -0.2) is 18.0 Å². The summed E-state index contributed by atoms with van der Waals surface area (Å²) in [5, 5.41) is 5.79. The van der Waals surface area contributed by atoms with E-state index in [-0.39, 0.29) is 16.9 Å². The van der Waals surface area contributed by atoms with E-state index in [1.54, 1.807) is 31.4 Å². The van der Waals surface area contributed by atoms with E-state index in [1.165, 1.54) is 0 Å². The Balaban J connectivity index is 1.93. The maximum Gasteiger partial charge on any atom is 0.283 e. The van der Waals surface area contributed by atoms with Crippen LogP contribution in [0.15, 0.2) is 54.6 Å². The number of amides is 1. The molecule has 0 saturated carbocycles. The van der Waals surface area contributed by atoms with Crippen molar-refractivity contribution in [3.05, 3.63) is 60.2 Å². The molecule has 2 aromatic carbocycles. The Kier molecular flexibility index (Phi) is 5.49. The van der Waals surface area contributed by atoms with Crippen molar-refractivity contribution in [3.8, 4) is 5.75 Å². The quantitative estimate of drug-likeness (QED) is 0.850. The molecule has 114 valence electrons. The summed E-state index contributed by atoms with van der Waals surface area (Å²) in [6.07, 6.45) is 0. The molecule has 0 fully saturated rings. The third-order valence-corrected chi connectivity index (χ3v) is 3.50. The Labute approximate surface area is 135 Å². The van der Waals surface area contributed by atoms with Crippen molar-refractivity contribution in [1.29, 1.82) is 0 Å². The molecule has 1 amide bonds. The fourth-order valence-electron chi connectivity index (χ4n) is 1.95. The van der Waals surface area contributed by atoms with Crippen molar-refractivity contribution >= 4 is 28.8 Å². The van der Waals surface area contributed by atoms with Crippen LogP contribution in [0.25, 0.3) is 0 Å². The molecule has 1 atom stereocenters. The van der Waals surface area contributed by atoms with Crippen molar-refractivity contribution in [2.45, 2.75) is 13.0 Å². The molecule has 4 nitrogen and oxygen atoms in total. The highest BCUT2D eigenvalue weighted by molar-refractivity contribution is 7.82. The number of benzene rings is 2. The normalized spacial score (nSPS) is 11.4. The lowest BCUT2D eigenvalue weighted by atomic mass is 10.1. The van der Waals surface area contributed by atoms with E-state index >= 15 is 0 Å². The van der Waals surface area contributed by atoms with E-state index < -0.39 is 0 Å². The van der Waals surface area contributed by atoms with Gasteiger partial charge in [0.1, 0.15) is 5.75 Å². The Morgan fingerprint density at radius 3 is 2.32 bits per heavy atom. The molecule has 5 heteroatoms. The number of hydrogen-bond acceptors (Lipinski definition) is 3. The number of carbonyl (C=O) groups excluding carboxylic acids is 1. The molecule has 0 aliphatic carbocycles. The van der Waals surface area contributed by atoms with E-state index in [2.05, 4.69) is 10.6 Å². The average molecular weight is 314 g/mol. The highest BCUT2D eigenvalue weighted by Gasteiger charge is 2.13. The Morgan fingerprint density at radius 1 is 1.09 bits per heavy atom. The first kappa shape index (κ1) is 16.0. The van der Waals surface area contributed by atoms with Gasteiger partial charge in [-0.05, 0) is 36.8 Å². The lowest BCUT2D eigenvalue weighted by Crippen LogP contribution is -2.35. The van der Waals surface area contributed by atoms with Crippen LogP contribution in [0.2, 0.25) is 0 Å². The number of rotatable bonds is 4. The Morgan fingerprint density at radius 2 is 1.73 bits per heavy atom. The lowest BCUT2D eigenvalue weighted by Gasteiger charge is -2.16. The van der Waals surface area contributed by atoms with E-state index in [0.29, 0.717) is 5.69 Å². The molecule has 0 bridgehead atoms. The second kappa shape index (κ2) is 7.56. The third-order valence-electron chi connectivity index (χ3n) is 3.20. The summed E-state index contributed by atoms with van der Waals surface area (Å²) in [5.74, 6) is 0.402. The molecule has 0 radical (unpaired) electrons. The van der Waals surface area contributed by atoms with Gasteiger partial charge < -0.3 is 15.4 Å². The maximum atomic E-state index is 12.1. The number of methoxy groups -OCH3 is 1. The van der Waals surface area contributed by atoms with E-state index in [4.69, 9.17) is 17.0 Å². The zero-order valence-corrected chi connectivity index (χ0v) is 13.3. The molecule has 2 aromatic rings. The van der Waals surface area contributed by atoms with Gasteiger partial charge in [-0.2, -0.15) is 0 Å². The van der Waals surface area contributed by atoms with Gasteiger partial charge in [0.15, 0.2) is 4.99 Å². The smallest absolute Gasteiger partial charge is 0.283 e. The highest BCUT2D eigenvalue weighted by atomic mass is 32.1. The molecule has 0 heterocycles. The molecule has 0 saturated heterocycles. The number of carbonyl (C=O) groups is 1. The van der Waals surface area contributed by atoms with Crippen molar-refractivity contribution in [2.75, 3.05) is 12.4 Å². The minimum atomic E-state index is -0.331.